The number of carbonyl (C=O) groups excluding carboxylic acids is 1. The molecule has 2 aromatic rings. The Balaban J connectivity index is 1.68. The van der Waals surface area contributed by atoms with Crippen LogP contribution in [0.4, 0.5) is 0 Å². The number of hydrogen-bond acceptors (Lipinski definition) is 5. The van der Waals surface area contributed by atoms with E-state index in [-0.39, 0.29) is 29.3 Å². The molecule has 2 aromatic heterocycles. The van der Waals surface area contributed by atoms with Gasteiger partial charge in [-0.1, -0.05) is 0 Å². The zero-order valence-corrected chi connectivity index (χ0v) is 16.9. The fourth-order valence-electron chi connectivity index (χ4n) is 3.51. The predicted molar refractivity (Wildman–Crippen MR) is 99.2 cm³/mol. The molecule has 1 amide bonds. The van der Waals surface area contributed by atoms with Crippen LogP contribution in [0.5, 0.6) is 0 Å². The summed E-state index contributed by atoms with van der Waals surface area (Å²) in [6.07, 6.45) is 6.03. The van der Waals surface area contributed by atoms with Crippen LogP contribution in [0.1, 0.15) is 37.1 Å². The van der Waals surface area contributed by atoms with E-state index in [4.69, 9.17) is 0 Å². The van der Waals surface area contributed by atoms with Crippen molar-refractivity contribution in [1.29, 1.82) is 0 Å². The summed E-state index contributed by atoms with van der Waals surface area (Å²) >= 11 is 0. The third kappa shape index (κ3) is 4.06. The van der Waals surface area contributed by atoms with Crippen LogP contribution in [0.25, 0.3) is 0 Å². The number of aromatic nitrogens is 4. The van der Waals surface area contributed by atoms with Crippen molar-refractivity contribution in [2.75, 3.05) is 13.1 Å². The number of nitrogens with zero attached hydrogens (tertiary/aromatic N) is 5. The molecule has 0 saturated carbocycles. The van der Waals surface area contributed by atoms with Gasteiger partial charge in [0.15, 0.2) is 0 Å². The molecule has 1 aliphatic rings. The first-order chi connectivity index (χ1) is 12.7. The van der Waals surface area contributed by atoms with Gasteiger partial charge in [-0.15, -0.1) is 0 Å². The lowest BCUT2D eigenvalue weighted by molar-refractivity contribution is -0.126. The topological polar surface area (TPSA) is 102 Å². The molecule has 10 heteroatoms. The lowest BCUT2D eigenvalue weighted by atomic mass is 9.98. The van der Waals surface area contributed by atoms with Gasteiger partial charge in [-0.05, 0) is 26.7 Å². The Labute approximate surface area is 159 Å². The van der Waals surface area contributed by atoms with Gasteiger partial charge in [0.25, 0.3) is 0 Å². The maximum Gasteiger partial charge on any atom is 0.246 e. The molecule has 0 radical (unpaired) electrons. The summed E-state index contributed by atoms with van der Waals surface area (Å²) in [6, 6.07) is -0.184. The van der Waals surface area contributed by atoms with Crippen LogP contribution in [0.2, 0.25) is 0 Å². The Bertz CT molecular complexity index is 932. The molecule has 27 heavy (non-hydrogen) atoms. The second-order valence-corrected chi connectivity index (χ2v) is 9.06. The number of nitrogens with one attached hydrogen (secondary N) is 1. The minimum Gasteiger partial charge on any atom is -0.349 e. The Morgan fingerprint density at radius 1 is 1.30 bits per heavy atom. The number of amides is 1. The second kappa shape index (κ2) is 7.43. The van der Waals surface area contributed by atoms with Gasteiger partial charge in [0.2, 0.25) is 15.9 Å². The molecule has 0 aromatic carbocycles. The normalized spacial score (nSPS) is 19.8. The van der Waals surface area contributed by atoms with E-state index < -0.39 is 10.0 Å². The fraction of sp³-hybridized carbons (Fsp3) is 0.588. The summed E-state index contributed by atoms with van der Waals surface area (Å²) in [5, 5.41) is 11.2. The van der Waals surface area contributed by atoms with E-state index in [1.807, 2.05) is 27.1 Å². The Morgan fingerprint density at radius 2 is 2.04 bits per heavy atom. The zero-order valence-electron chi connectivity index (χ0n) is 16.1. The number of sulfonamides is 1. The first-order valence-electron chi connectivity index (χ1n) is 8.98. The first-order valence-corrected chi connectivity index (χ1v) is 10.4. The van der Waals surface area contributed by atoms with Gasteiger partial charge in [0.1, 0.15) is 4.90 Å². The molecule has 148 valence electrons. The van der Waals surface area contributed by atoms with Crippen LogP contribution in [-0.2, 0) is 28.9 Å². The quantitative estimate of drug-likeness (QED) is 0.806. The van der Waals surface area contributed by atoms with Gasteiger partial charge in [0.05, 0.1) is 23.9 Å². The molecule has 1 saturated heterocycles. The van der Waals surface area contributed by atoms with E-state index in [2.05, 4.69) is 15.5 Å². The highest BCUT2D eigenvalue weighted by molar-refractivity contribution is 7.89. The molecule has 3 heterocycles. The maximum atomic E-state index is 12.8. The van der Waals surface area contributed by atoms with E-state index in [1.54, 1.807) is 11.7 Å². The maximum absolute atomic E-state index is 12.8. The van der Waals surface area contributed by atoms with Crippen molar-refractivity contribution in [2.24, 2.45) is 20.0 Å². The average Bonchev–Trinajstić information content (AvgIpc) is 3.20. The largest absolute Gasteiger partial charge is 0.349 e. The van der Waals surface area contributed by atoms with Gasteiger partial charge in [-0.25, -0.2) is 8.42 Å². The smallest absolute Gasteiger partial charge is 0.246 e. The highest BCUT2D eigenvalue weighted by atomic mass is 32.2. The molecule has 0 bridgehead atoms. The Kier molecular flexibility index (Phi) is 5.38. The SMILES string of the molecule is Cc1nn(C)cc1[C@@H](C)NC(=O)[C@@H]1CCCN(S(=O)(=O)c2cnn(C)c2)C1. The highest BCUT2D eigenvalue weighted by Crippen LogP contribution is 2.24. The molecule has 0 unspecified atom stereocenters. The first kappa shape index (κ1) is 19.6. The summed E-state index contributed by atoms with van der Waals surface area (Å²) in [7, 11) is -0.120. The number of hydrogen-bond donors (Lipinski definition) is 1. The molecule has 9 nitrogen and oxygen atoms in total. The van der Waals surface area contributed by atoms with Crippen LogP contribution in [0.15, 0.2) is 23.5 Å². The average molecular weight is 395 g/mol. The predicted octanol–water partition coefficient (Wildman–Crippen LogP) is 0.740. The molecular formula is C17H26N6O3S. The van der Waals surface area contributed by atoms with Crippen molar-refractivity contribution in [1.82, 2.24) is 29.2 Å². The summed E-state index contributed by atoms with van der Waals surface area (Å²) in [5.74, 6) is -0.499. The minimum atomic E-state index is -3.63. The van der Waals surface area contributed by atoms with Gasteiger partial charge < -0.3 is 5.32 Å². The van der Waals surface area contributed by atoms with Crippen LogP contribution in [-0.4, -0.2) is 51.3 Å². The number of carbonyl (C=O) groups is 1. The van der Waals surface area contributed by atoms with Crippen LogP contribution >= 0.6 is 0 Å². The van der Waals surface area contributed by atoms with Crippen LogP contribution < -0.4 is 5.32 Å². The molecule has 3 rings (SSSR count). The van der Waals surface area contributed by atoms with Gasteiger partial charge in [-0.3, -0.25) is 14.2 Å². The summed E-state index contributed by atoms with van der Waals surface area (Å²) in [5.41, 5.74) is 1.83. The van der Waals surface area contributed by atoms with Crippen molar-refractivity contribution < 1.29 is 13.2 Å². The summed E-state index contributed by atoms with van der Waals surface area (Å²) in [6.45, 7) is 4.41. The lowest BCUT2D eigenvalue weighted by Gasteiger charge is -2.31. The monoisotopic (exact) mass is 394 g/mol. The molecular weight excluding hydrogens is 368 g/mol. The number of rotatable bonds is 5. The lowest BCUT2D eigenvalue weighted by Crippen LogP contribution is -2.45. The van der Waals surface area contributed by atoms with E-state index in [1.165, 1.54) is 21.4 Å². The molecule has 1 aliphatic heterocycles. The summed E-state index contributed by atoms with van der Waals surface area (Å²) in [4.78, 5) is 12.9. The van der Waals surface area contributed by atoms with E-state index in [9.17, 15) is 13.2 Å². The van der Waals surface area contributed by atoms with Crippen LogP contribution in [0.3, 0.4) is 0 Å². The number of piperidine rings is 1. The molecule has 0 aliphatic carbocycles. The highest BCUT2D eigenvalue weighted by Gasteiger charge is 2.34. The Hall–Kier alpha value is -2.20. The zero-order chi connectivity index (χ0) is 19.8. The third-order valence-electron chi connectivity index (χ3n) is 4.95. The Morgan fingerprint density at radius 3 is 2.63 bits per heavy atom. The second-order valence-electron chi connectivity index (χ2n) is 7.13. The standard InChI is InChI=1S/C17H26N6O3S/c1-12(16-11-22(4)20-13(16)2)19-17(24)14-6-5-7-23(9-14)27(25,26)15-8-18-21(3)10-15/h8,10-12,14H,5-7,9H2,1-4H3,(H,19,24)/t12-,14-/m1/s1. The molecule has 1 fully saturated rings. The van der Waals surface area contributed by atoms with Gasteiger partial charge >= 0.3 is 0 Å². The minimum absolute atomic E-state index is 0.128. The molecule has 2 atom stereocenters. The van der Waals surface area contributed by atoms with Crippen molar-refractivity contribution in [3.63, 3.8) is 0 Å². The number of aryl methyl sites for hydroxylation is 3. The van der Waals surface area contributed by atoms with E-state index in [0.717, 1.165) is 11.3 Å². The van der Waals surface area contributed by atoms with E-state index in [0.29, 0.717) is 19.4 Å². The van der Waals surface area contributed by atoms with E-state index >= 15 is 0 Å². The van der Waals surface area contributed by atoms with Crippen molar-refractivity contribution in [3.8, 4) is 0 Å². The van der Waals surface area contributed by atoms with Crippen molar-refractivity contribution >= 4 is 15.9 Å². The fourth-order valence-corrected chi connectivity index (χ4v) is 5.02. The van der Waals surface area contributed by atoms with Crippen molar-refractivity contribution in [3.05, 3.63) is 29.8 Å². The molecule has 1 N–H and O–H groups in total. The van der Waals surface area contributed by atoms with Gasteiger partial charge in [0, 0.05) is 45.1 Å². The van der Waals surface area contributed by atoms with Crippen LogP contribution in [0, 0.1) is 12.8 Å². The van der Waals surface area contributed by atoms with Gasteiger partial charge in [-0.2, -0.15) is 14.5 Å². The summed E-state index contributed by atoms with van der Waals surface area (Å²) < 4.78 is 30.1. The van der Waals surface area contributed by atoms with Crippen molar-refractivity contribution in [2.45, 2.75) is 37.6 Å². The third-order valence-corrected chi connectivity index (χ3v) is 6.77. The molecule has 0 spiro atoms.